The second-order valence-corrected chi connectivity index (χ2v) is 3.87. The van der Waals surface area contributed by atoms with E-state index in [0.717, 1.165) is 29.8 Å². The third kappa shape index (κ3) is 2.73. The van der Waals surface area contributed by atoms with Crippen molar-refractivity contribution in [3.8, 4) is 0 Å². The van der Waals surface area contributed by atoms with Crippen LogP contribution >= 0.6 is 0 Å². The number of nitrogens with one attached hydrogen (secondary N) is 3. The van der Waals surface area contributed by atoms with Crippen molar-refractivity contribution in [1.29, 1.82) is 0 Å². The van der Waals surface area contributed by atoms with E-state index < -0.39 is 0 Å². The molecule has 0 bridgehead atoms. The van der Waals surface area contributed by atoms with Crippen LogP contribution in [0.5, 0.6) is 0 Å². The number of nitrogens with zero attached hydrogens (tertiary/aromatic N) is 1. The Balaban J connectivity index is 1.84. The van der Waals surface area contributed by atoms with Crippen LogP contribution in [0.2, 0.25) is 0 Å². The van der Waals surface area contributed by atoms with Crippen molar-refractivity contribution in [3.05, 3.63) is 24.5 Å². The molecule has 0 unspecified atom stereocenters. The molecule has 0 aliphatic rings. The molecule has 1 aromatic heterocycles. The number of hydrogen-bond acceptors (Lipinski definition) is 3. The Bertz CT molecular complexity index is 435. The zero-order valence-electron chi connectivity index (χ0n) is 9.59. The predicted octanol–water partition coefficient (Wildman–Crippen LogP) is 1.97. The maximum atomic E-state index is 4.19. The molecule has 2 aromatic rings. The summed E-state index contributed by atoms with van der Waals surface area (Å²) >= 11 is 0. The minimum Gasteiger partial charge on any atom is -0.385 e. The van der Waals surface area contributed by atoms with Gasteiger partial charge in [-0.25, -0.2) is 4.98 Å². The molecule has 1 heterocycles. The minimum atomic E-state index is 1.01. The zero-order valence-corrected chi connectivity index (χ0v) is 9.59. The van der Waals surface area contributed by atoms with E-state index in [1.807, 2.05) is 13.1 Å². The highest BCUT2D eigenvalue weighted by Crippen LogP contribution is 2.15. The van der Waals surface area contributed by atoms with Gasteiger partial charge in [0.1, 0.15) is 0 Å². The first-order chi connectivity index (χ1) is 7.90. The van der Waals surface area contributed by atoms with Crippen LogP contribution in [-0.4, -0.2) is 30.1 Å². The summed E-state index contributed by atoms with van der Waals surface area (Å²) in [4.78, 5) is 7.30. The van der Waals surface area contributed by atoms with Gasteiger partial charge in [-0.3, -0.25) is 0 Å². The van der Waals surface area contributed by atoms with Crippen LogP contribution in [0.3, 0.4) is 0 Å². The van der Waals surface area contributed by atoms with Gasteiger partial charge < -0.3 is 15.6 Å². The lowest BCUT2D eigenvalue weighted by Crippen LogP contribution is -2.10. The number of aromatic nitrogens is 2. The lowest BCUT2D eigenvalue weighted by Gasteiger charge is -2.05. The number of anilines is 1. The van der Waals surface area contributed by atoms with E-state index in [-0.39, 0.29) is 0 Å². The standard InChI is InChI=1S/C12H18N4/c1-13-6-2-3-7-14-10-4-5-11-12(8-10)16-9-15-11/h4-5,8-9,13-14H,2-3,6-7H2,1H3,(H,15,16). The Hall–Kier alpha value is -1.55. The van der Waals surface area contributed by atoms with E-state index in [4.69, 9.17) is 0 Å². The number of benzene rings is 1. The quantitative estimate of drug-likeness (QED) is 0.650. The fourth-order valence-electron chi connectivity index (χ4n) is 1.71. The number of rotatable bonds is 6. The third-order valence-electron chi connectivity index (χ3n) is 2.60. The second kappa shape index (κ2) is 5.51. The number of aromatic amines is 1. The predicted molar refractivity (Wildman–Crippen MR) is 67.7 cm³/mol. The lowest BCUT2D eigenvalue weighted by atomic mass is 10.2. The summed E-state index contributed by atoms with van der Waals surface area (Å²) in [5.74, 6) is 0. The Morgan fingerprint density at radius 2 is 2.12 bits per heavy atom. The third-order valence-corrected chi connectivity index (χ3v) is 2.60. The average molecular weight is 218 g/mol. The number of fused-ring (bicyclic) bond motifs is 1. The summed E-state index contributed by atoms with van der Waals surface area (Å²) in [6, 6.07) is 6.20. The van der Waals surface area contributed by atoms with Crippen LogP contribution in [0, 0.1) is 0 Å². The molecular formula is C12H18N4. The van der Waals surface area contributed by atoms with Crippen molar-refractivity contribution in [3.63, 3.8) is 0 Å². The minimum absolute atomic E-state index is 1.01. The van der Waals surface area contributed by atoms with Crippen LogP contribution in [0.1, 0.15) is 12.8 Å². The van der Waals surface area contributed by atoms with E-state index in [1.165, 1.54) is 12.8 Å². The van der Waals surface area contributed by atoms with Crippen LogP contribution in [-0.2, 0) is 0 Å². The summed E-state index contributed by atoms with van der Waals surface area (Å²) in [6.07, 6.45) is 4.11. The van der Waals surface area contributed by atoms with E-state index in [9.17, 15) is 0 Å². The Morgan fingerprint density at radius 1 is 1.25 bits per heavy atom. The van der Waals surface area contributed by atoms with Gasteiger partial charge in [0.25, 0.3) is 0 Å². The first-order valence-corrected chi connectivity index (χ1v) is 5.72. The maximum absolute atomic E-state index is 4.19. The summed E-state index contributed by atoms with van der Waals surface area (Å²) < 4.78 is 0. The number of H-pyrrole nitrogens is 1. The Kier molecular flexibility index (Phi) is 3.77. The average Bonchev–Trinajstić information content (AvgIpc) is 2.76. The number of hydrogen-bond donors (Lipinski definition) is 3. The fourth-order valence-corrected chi connectivity index (χ4v) is 1.71. The van der Waals surface area contributed by atoms with Crippen LogP contribution in [0.15, 0.2) is 24.5 Å². The lowest BCUT2D eigenvalue weighted by molar-refractivity contribution is 0.694. The molecule has 2 rings (SSSR count). The molecule has 0 saturated heterocycles. The first-order valence-electron chi connectivity index (χ1n) is 5.72. The molecule has 0 radical (unpaired) electrons. The Labute approximate surface area is 95.5 Å². The van der Waals surface area contributed by atoms with Gasteiger partial charge in [0.2, 0.25) is 0 Å². The highest BCUT2D eigenvalue weighted by molar-refractivity contribution is 5.78. The molecule has 16 heavy (non-hydrogen) atoms. The molecule has 0 aliphatic heterocycles. The zero-order chi connectivity index (χ0) is 11.2. The van der Waals surface area contributed by atoms with Crippen molar-refractivity contribution in [2.75, 3.05) is 25.5 Å². The largest absolute Gasteiger partial charge is 0.385 e. The topological polar surface area (TPSA) is 52.7 Å². The van der Waals surface area contributed by atoms with Gasteiger partial charge in [-0.15, -0.1) is 0 Å². The molecule has 0 fully saturated rings. The fraction of sp³-hybridized carbons (Fsp3) is 0.417. The van der Waals surface area contributed by atoms with E-state index in [1.54, 1.807) is 6.33 Å². The van der Waals surface area contributed by atoms with Gasteiger partial charge >= 0.3 is 0 Å². The van der Waals surface area contributed by atoms with Crippen molar-refractivity contribution >= 4 is 16.7 Å². The molecule has 0 spiro atoms. The highest BCUT2D eigenvalue weighted by atomic mass is 14.9. The molecule has 0 aliphatic carbocycles. The highest BCUT2D eigenvalue weighted by Gasteiger charge is 1.97. The molecule has 0 saturated carbocycles. The van der Waals surface area contributed by atoms with Crippen LogP contribution < -0.4 is 10.6 Å². The van der Waals surface area contributed by atoms with E-state index in [2.05, 4.69) is 32.7 Å². The summed E-state index contributed by atoms with van der Waals surface area (Å²) in [7, 11) is 1.99. The van der Waals surface area contributed by atoms with Gasteiger partial charge in [-0.05, 0) is 44.6 Å². The Morgan fingerprint density at radius 3 is 3.00 bits per heavy atom. The van der Waals surface area contributed by atoms with E-state index >= 15 is 0 Å². The first kappa shape index (κ1) is 11.0. The van der Waals surface area contributed by atoms with Gasteiger partial charge in [0, 0.05) is 12.2 Å². The normalized spacial score (nSPS) is 10.8. The maximum Gasteiger partial charge on any atom is 0.0931 e. The van der Waals surface area contributed by atoms with Crippen molar-refractivity contribution in [2.24, 2.45) is 0 Å². The second-order valence-electron chi connectivity index (χ2n) is 3.87. The summed E-state index contributed by atoms with van der Waals surface area (Å²) in [5, 5.41) is 6.56. The monoisotopic (exact) mass is 218 g/mol. The van der Waals surface area contributed by atoms with E-state index in [0.29, 0.717) is 0 Å². The van der Waals surface area contributed by atoms with Crippen LogP contribution in [0.4, 0.5) is 5.69 Å². The molecule has 0 atom stereocenters. The summed E-state index contributed by atoms with van der Waals surface area (Å²) in [6.45, 7) is 2.10. The molecule has 4 heteroatoms. The molecule has 1 aromatic carbocycles. The number of imidazole rings is 1. The van der Waals surface area contributed by atoms with Gasteiger partial charge in [0.05, 0.1) is 17.4 Å². The SMILES string of the molecule is CNCCCCNc1ccc2nc[nH]c2c1. The molecule has 0 amide bonds. The van der Waals surface area contributed by atoms with Crippen molar-refractivity contribution < 1.29 is 0 Å². The molecular weight excluding hydrogens is 200 g/mol. The van der Waals surface area contributed by atoms with Gasteiger partial charge in [-0.1, -0.05) is 0 Å². The smallest absolute Gasteiger partial charge is 0.0931 e. The van der Waals surface area contributed by atoms with Crippen LogP contribution in [0.25, 0.3) is 11.0 Å². The molecule has 3 N–H and O–H groups in total. The van der Waals surface area contributed by atoms with Gasteiger partial charge in [0.15, 0.2) is 0 Å². The van der Waals surface area contributed by atoms with Crippen molar-refractivity contribution in [1.82, 2.24) is 15.3 Å². The van der Waals surface area contributed by atoms with Gasteiger partial charge in [-0.2, -0.15) is 0 Å². The molecule has 4 nitrogen and oxygen atoms in total. The van der Waals surface area contributed by atoms with Crippen molar-refractivity contribution in [2.45, 2.75) is 12.8 Å². The summed E-state index contributed by atoms with van der Waals surface area (Å²) in [5.41, 5.74) is 3.25. The molecule has 86 valence electrons. The number of unbranched alkanes of at least 4 members (excludes halogenated alkanes) is 1.